The van der Waals surface area contributed by atoms with Gasteiger partial charge in [-0.25, -0.2) is 8.42 Å². The molecule has 2 aromatic rings. The minimum Gasteiger partial charge on any atom is -0.468 e. The molecule has 0 fully saturated rings. The van der Waals surface area contributed by atoms with Crippen LogP contribution in [-0.2, 0) is 10.0 Å². The van der Waals surface area contributed by atoms with Crippen molar-refractivity contribution in [1.82, 2.24) is 4.72 Å². The van der Waals surface area contributed by atoms with E-state index >= 15 is 0 Å². The quantitative estimate of drug-likeness (QED) is 0.887. The number of furan rings is 1. The second-order valence-electron chi connectivity index (χ2n) is 4.28. The predicted molar refractivity (Wildman–Crippen MR) is 75.0 cm³/mol. The number of hydrogen-bond donors (Lipinski definition) is 2. The molecular weight excluding hydrogens is 302 g/mol. The van der Waals surface area contributed by atoms with Crippen LogP contribution in [0.1, 0.15) is 17.4 Å². The highest BCUT2D eigenvalue weighted by Gasteiger charge is 2.23. The Labute approximate surface area is 122 Å². The van der Waals surface area contributed by atoms with Crippen molar-refractivity contribution in [2.45, 2.75) is 17.9 Å². The molecule has 1 heterocycles. The van der Waals surface area contributed by atoms with Gasteiger partial charge in [0.1, 0.15) is 11.8 Å². The van der Waals surface area contributed by atoms with Gasteiger partial charge >= 0.3 is 0 Å². The Bertz CT molecular complexity index is 682. The molecule has 0 saturated carbocycles. The summed E-state index contributed by atoms with van der Waals surface area (Å²) in [6.45, 7) is 1.37. The highest BCUT2D eigenvalue weighted by molar-refractivity contribution is 7.89. The number of aryl methyl sites for hydroxylation is 1. The smallest absolute Gasteiger partial charge is 0.241 e. The summed E-state index contributed by atoms with van der Waals surface area (Å²) in [7, 11) is -3.79. The van der Waals surface area contributed by atoms with E-state index in [-0.39, 0.29) is 4.90 Å². The number of benzene rings is 1. The monoisotopic (exact) mass is 315 g/mol. The highest BCUT2D eigenvalue weighted by Crippen LogP contribution is 2.22. The van der Waals surface area contributed by atoms with Crippen LogP contribution in [0.3, 0.4) is 0 Å². The first-order valence-corrected chi connectivity index (χ1v) is 7.73. The van der Waals surface area contributed by atoms with Crippen LogP contribution in [0.25, 0.3) is 0 Å². The van der Waals surface area contributed by atoms with Gasteiger partial charge in [0.25, 0.3) is 0 Å². The van der Waals surface area contributed by atoms with Crippen molar-refractivity contribution in [3.63, 3.8) is 0 Å². The molecule has 0 radical (unpaired) electrons. The maximum Gasteiger partial charge on any atom is 0.241 e. The van der Waals surface area contributed by atoms with Crippen molar-refractivity contribution in [3.8, 4) is 0 Å². The van der Waals surface area contributed by atoms with Crippen LogP contribution in [0.2, 0.25) is 5.02 Å². The van der Waals surface area contributed by atoms with Crippen molar-refractivity contribution >= 4 is 21.6 Å². The van der Waals surface area contributed by atoms with Gasteiger partial charge in [0.15, 0.2) is 0 Å². The molecule has 0 aliphatic heterocycles. The molecule has 1 aromatic carbocycles. The van der Waals surface area contributed by atoms with E-state index in [0.29, 0.717) is 10.8 Å². The van der Waals surface area contributed by atoms with E-state index in [1.165, 1.54) is 18.4 Å². The maximum atomic E-state index is 12.2. The molecule has 2 rings (SSSR count). The van der Waals surface area contributed by atoms with Crippen LogP contribution in [-0.4, -0.2) is 20.1 Å². The van der Waals surface area contributed by atoms with Crippen LogP contribution in [0.15, 0.2) is 45.9 Å². The Hall–Kier alpha value is -1.34. The summed E-state index contributed by atoms with van der Waals surface area (Å²) in [5, 5.41) is 9.66. The molecule has 1 atom stereocenters. The summed E-state index contributed by atoms with van der Waals surface area (Å²) in [6.07, 6.45) is 1.41. The highest BCUT2D eigenvalue weighted by atomic mass is 35.5. The number of aliphatic hydroxyl groups is 1. The van der Waals surface area contributed by atoms with E-state index in [1.807, 2.05) is 0 Å². The lowest BCUT2D eigenvalue weighted by Crippen LogP contribution is -2.30. The first-order chi connectivity index (χ1) is 9.44. The van der Waals surface area contributed by atoms with Crippen molar-refractivity contribution in [3.05, 3.63) is 52.9 Å². The zero-order valence-electron chi connectivity index (χ0n) is 10.7. The van der Waals surface area contributed by atoms with E-state index in [9.17, 15) is 13.5 Å². The molecule has 0 saturated heterocycles. The van der Waals surface area contributed by atoms with Gasteiger partial charge < -0.3 is 9.52 Å². The van der Waals surface area contributed by atoms with Crippen molar-refractivity contribution in [1.29, 1.82) is 0 Å². The van der Waals surface area contributed by atoms with Gasteiger partial charge in [-0.1, -0.05) is 17.7 Å². The van der Waals surface area contributed by atoms with Crippen LogP contribution >= 0.6 is 11.6 Å². The number of nitrogens with one attached hydrogen (secondary N) is 1. The number of halogens is 1. The van der Waals surface area contributed by atoms with Gasteiger partial charge in [-0.2, -0.15) is 4.72 Å². The normalized spacial score (nSPS) is 13.3. The molecule has 5 nitrogen and oxygen atoms in total. The van der Waals surface area contributed by atoms with E-state index in [0.717, 1.165) is 5.56 Å². The third kappa shape index (κ3) is 3.21. The zero-order valence-corrected chi connectivity index (χ0v) is 12.3. The van der Waals surface area contributed by atoms with Crippen LogP contribution in [0.5, 0.6) is 0 Å². The van der Waals surface area contributed by atoms with Gasteiger partial charge in [-0.3, -0.25) is 0 Å². The van der Waals surface area contributed by atoms with Gasteiger partial charge in [-0.15, -0.1) is 0 Å². The number of aliphatic hydroxyl groups excluding tert-OH is 1. The maximum absolute atomic E-state index is 12.2. The number of hydrogen-bond acceptors (Lipinski definition) is 4. The lowest BCUT2D eigenvalue weighted by atomic mass is 10.2. The van der Waals surface area contributed by atoms with Gasteiger partial charge in [0.2, 0.25) is 10.0 Å². The number of sulfonamides is 1. The first-order valence-electron chi connectivity index (χ1n) is 5.87. The van der Waals surface area contributed by atoms with Gasteiger partial charge in [0.05, 0.1) is 17.8 Å². The average molecular weight is 316 g/mol. The fourth-order valence-corrected chi connectivity index (χ4v) is 3.14. The van der Waals surface area contributed by atoms with E-state index in [1.54, 1.807) is 25.1 Å². The Morgan fingerprint density at radius 2 is 2.15 bits per heavy atom. The largest absolute Gasteiger partial charge is 0.468 e. The Kier molecular flexibility index (Phi) is 4.49. The van der Waals surface area contributed by atoms with E-state index in [4.69, 9.17) is 16.0 Å². The third-order valence-corrected chi connectivity index (χ3v) is 4.70. The molecule has 1 unspecified atom stereocenters. The topological polar surface area (TPSA) is 79.5 Å². The predicted octanol–water partition coefficient (Wildman–Crippen LogP) is 2.25. The van der Waals surface area contributed by atoms with Crippen molar-refractivity contribution in [2.24, 2.45) is 0 Å². The van der Waals surface area contributed by atoms with Gasteiger partial charge in [0, 0.05) is 5.02 Å². The second-order valence-corrected chi connectivity index (χ2v) is 6.40. The standard InChI is InChI=1S/C13H14ClNO4S/c1-9-4-5-10(7-11(9)14)20(17,18)15-12(8-16)13-3-2-6-19-13/h2-7,12,15-16H,8H2,1H3. The first kappa shape index (κ1) is 15.1. The molecule has 0 spiro atoms. The summed E-state index contributed by atoms with van der Waals surface area (Å²) in [6, 6.07) is 6.82. The molecular formula is C13H14ClNO4S. The summed E-state index contributed by atoms with van der Waals surface area (Å²) in [5.74, 6) is 0.342. The van der Waals surface area contributed by atoms with Gasteiger partial charge in [-0.05, 0) is 36.8 Å². The minimum absolute atomic E-state index is 0.0399. The zero-order chi connectivity index (χ0) is 14.8. The second kappa shape index (κ2) is 5.97. The van der Waals surface area contributed by atoms with Crippen LogP contribution in [0, 0.1) is 6.92 Å². The Morgan fingerprint density at radius 3 is 2.70 bits per heavy atom. The molecule has 0 aliphatic rings. The molecule has 108 valence electrons. The Morgan fingerprint density at radius 1 is 1.40 bits per heavy atom. The third-order valence-electron chi connectivity index (χ3n) is 2.82. The fourth-order valence-electron chi connectivity index (χ4n) is 1.67. The molecule has 7 heteroatoms. The summed E-state index contributed by atoms with van der Waals surface area (Å²) in [4.78, 5) is 0.0399. The lowest BCUT2D eigenvalue weighted by Gasteiger charge is -2.14. The van der Waals surface area contributed by atoms with Crippen LogP contribution in [0.4, 0.5) is 0 Å². The molecule has 0 bridgehead atoms. The van der Waals surface area contributed by atoms with E-state index < -0.39 is 22.7 Å². The van der Waals surface area contributed by atoms with Crippen molar-refractivity contribution < 1.29 is 17.9 Å². The molecule has 0 amide bonds. The molecule has 20 heavy (non-hydrogen) atoms. The molecule has 1 aromatic heterocycles. The summed E-state index contributed by atoms with van der Waals surface area (Å²) in [5.41, 5.74) is 0.787. The summed E-state index contributed by atoms with van der Waals surface area (Å²) >= 11 is 5.93. The molecule has 2 N–H and O–H groups in total. The SMILES string of the molecule is Cc1ccc(S(=O)(=O)NC(CO)c2ccco2)cc1Cl. The summed E-state index contributed by atoms with van der Waals surface area (Å²) < 4.78 is 32.0. The average Bonchev–Trinajstić information content (AvgIpc) is 2.93. The minimum atomic E-state index is -3.79. The van der Waals surface area contributed by atoms with E-state index in [2.05, 4.69) is 4.72 Å². The fraction of sp³-hybridized carbons (Fsp3) is 0.231. The molecule has 0 aliphatic carbocycles. The Balaban J connectivity index is 2.28. The van der Waals surface area contributed by atoms with Crippen LogP contribution < -0.4 is 4.72 Å². The number of rotatable bonds is 5. The lowest BCUT2D eigenvalue weighted by molar-refractivity contribution is 0.242. The van der Waals surface area contributed by atoms with Crippen molar-refractivity contribution in [2.75, 3.05) is 6.61 Å².